The average molecular weight is 328 g/mol. The van der Waals surface area contributed by atoms with Crippen LogP contribution in [0.4, 0.5) is 0 Å². The Labute approximate surface area is 142 Å². The lowest BCUT2D eigenvalue weighted by Gasteiger charge is -2.23. The number of nitrogens with zero attached hydrogens (tertiary/aromatic N) is 5. The van der Waals surface area contributed by atoms with Crippen molar-refractivity contribution in [3.63, 3.8) is 0 Å². The van der Waals surface area contributed by atoms with E-state index in [1.807, 2.05) is 31.2 Å². The third kappa shape index (κ3) is 4.38. The Balaban J connectivity index is 1.61. The highest BCUT2D eigenvalue weighted by Crippen LogP contribution is 2.13. The third-order valence-corrected chi connectivity index (χ3v) is 4.29. The van der Waals surface area contributed by atoms with Gasteiger partial charge in [0.2, 0.25) is 0 Å². The van der Waals surface area contributed by atoms with Crippen molar-refractivity contribution < 1.29 is 4.79 Å². The summed E-state index contributed by atoms with van der Waals surface area (Å²) in [4.78, 5) is 16.3. The second-order valence-corrected chi connectivity index (χ2v) is 6.47. The fourth-order valence-electron chi connectivity index (χ4n) is 3.12. The van der Waals surface area contributed by atoms with E-state index < -0.39 is 0 Å². The van der Waals surface area contributed by atoms with E-state index in [-0.39, 0.29) is 11.9 Å². The molecule has 1 atom stereocenters. The van der Waals surface area contributed by atoms with Crippen molar-refractivity contribution in [2.75, 3.05) is 13.1 Å². The molecule has 1 unspecified atom stereocenters. The van der Waals surface area contributed by atoms with Gasteiger partial charge in [-0.1, -0.05) is 24.1 Å². The van der Waals surface area contributed by atoms with Crippen LogP contribution in [0.15, 0.2) is 24.3 Å². The molecule has 24 heavy (non-hydrogen) atoms. The molecule has 2 aromatic rings. The van der Waals surface area contributed by atoms with Crippen molar-refractivity contribution in [2.24, 2.45) is 7.05 Å². The molecule has 2 heterocycles. The first-order valence-electron chi connectivity index (χ1n) is 8.43. The average Bonchev–Trinajstić information content (AvgIpc) is 2.83. The molecule has 1 aromatic heterocycles. The van der Waals surface area contributed by atoms with Crippen molar-refractivity contribution in [2.45, 2.75) is 38.8 Å². The van der Waals surface area contributed by atoms with Crippen LogP contribution in [0, 0.1) is 6.92 Å². The van der Waals surface area contributed by atoms with Crippen LogP contribution in [-0.2, 0) is 13.6 Å². The van der Waals surface area contributed by atoms with E-state index in [9.17, 15) is 4.79 Å². The Morgan fingerprint density at radius 1 is 1.38 bits per heavy atom. The molecular formula is C17H24N6O. The maximum atomic E-state index is 12.5. The topological polar surface area (TPSA) is 75.9 Å². The van der Waals surface area contributed by atoms with Gasteiger partial charge in [-0.25, -0.2) is 0 Å². The summed E-state index contributed by atoms with van der Waals surface area (Å²) in [5.41, 5.74) is 1.82. The lowest BCUT2D eigenvalue weighted by atomic mass is 10.1. The lowest BCUT2D eigenvalue weighted by Crippen LogP contribution is -2.42. The van der Waals surface area contributed by atoms with Gasteiger partial charge in [-0.2, -0.15) is 4.80 Å². The van der Waals surface area contributed by atoms with E-state index in [4.69, 9.17) is 0 Å². The number of likely N-dealkylation sites (tertiary alicyclic amines) is 1. The van der Waals surface area contributed by atoms with Gasteiger partial charge in [-0.15, -0.1) is 10.2 Å². The summed E-state index contributed by atoms with van der Waals surface area (Å²) in [6.45, 7) is 4.48. The second-order valence-electron chi connectivity index (χ2n) is 6.47. The number of nitrogens with one attached hydrogen (secondary N) is 1. The number of aryl methyl sites for hydroxylation is 2. The van der Waals surface area contributed by atoms with Crippen LogP contribution in [0.25, 0.3) is 0 Å². The summed E-state index contributed by atoms with van der Waals surface area (Å²) >= 11 is 0. The summed E-state index contributed by atoms with van der Waals surface area (Å²) in [7, 11) is 1.77. The zero-order chi connectivity index (χ0) is 16.9. The molecule has 1 N–H and O–H groups in total. The van der Waals surface area contributed by atoms with Gasteiger partial charge in [0.05, 0.1) is 13.6 Å². The first-order valence-corrected chi connectivity index (χ1v) is 8.43. The van der Waals surface area contributed by atoms with Crippen LogP contribution in [0.5, 0.6) is 0 Å². The Kier molecular flexibility index (Phi) is 5.20. The standard InChI is InChI=1S/C17H24N6O/c1-13-6-5-7-14(10-13)17(24)18-15-8-3-4-9-23(11-15)12-16-19-21-22(2)20-16/h5-7,10,15H,3-4,8-9,11-12H2,1-2H3,(H,18,24). The highest BCUT2D eigenvalue weighted by atomic mass is 16.1. The molecule has 3 rings (SSSR count). The van der Waals surface area contributed by atoms with E-state index in [1.165, 1.54) is 4.80 Å². The molecule has 7 nitrogen and oxygen atoms in total. The predicted molar refractivity (Wildman–Crippen MR) is 90.4 cm³/mol. The van der Waals surface area contributed by atoms with Crippen molar-refractivity contribution >= 4 is 5.91 Å². The van der Waals surface area contributed by atoms with E-state index in [1.54, 1.807) is 7.05 Å². The number of amides is 1. The maximum Gasteiger partial charge on any atom is 0.251 e. The quantitative estimate of drug-likeness (QED) is 0.915. The summed E-state index contributed by atoms with van der Waals surface area (Å²) < 4.78 is 0. The third-order valence-electron chi connectivity index (χ3n) is 4.29. The van der Waals surface area contributed by atoms with Gasteiger partial charge >= 0.3 is 0 Å². The molecule has 0 spiro atoms. The van der Waals surface area contributed by atoms with Crippen LogP contribution in [0.3, 0.4) is 0 Å². The van der Waals surface area contributed by atoms with Gasteiger partial charge in [0.1, 0.15) is 0 Å². The number of tetrazole rings is 1. The second kappa shape index (κ2) is 7.53. The van der Waals surface area contributed by atoms with E-state index >= 15 is 0 Å². The van der Waals surface area contributed by atoms with Crippen molar-refractivity contribution in [1.29, 1.82) is 0 Å². The molecule has 1 amide bonds. The van der Waals surface area contributed by atoms with Crippen LogP contribution in [0.2, 0.25) is 0 Å². The van der Waals surface area contributed by atoms with E-state index in [0.717, 1.165) is 49.3 Å². The van der Waals surface area contributed by atoms with Gasteiger partial charge in [0.25, 0.3) is 5.91 Å². The molecule has 1 fully saturated rings. The molecule has 128 valence electrons. The number of carbonyl (C=O) groups is 1. The number of aromatic nitrogens is 4. The first kappa shape index (κ1) is 16.6. The molecule has 0 bridgehead atoms. The zero-order valence-electron chi connectivity index (χ0n) is 14.3. The van der Waals surface area contributed by atoms with Crippen LogP contribution in [-0.4, -0.2) is 50.1 Å². The normalized spacial score (nSPS) is 19.0. The predicted octanol–water partition coefficient (Wildman–Crippen LogP) is 1.30. The molecule has 0 radical (unpaired) electrons. The summed E-state index contributed by atoms with van der Waals surface area (Å²) in [5.74, 6) is 0.728. The summed E-state index contributed by atoms with van der Waals surface area (Å²) in [6.07, 6.45) is 3.24. The molecule has 0 saturated carbocycles. The monoisotopic (exact) mass is 328 g/mol. The fraction of sp³-hybridized carbons (Fsp3) is 0.529. The number of carbonyl (C=O) groups excluding carboxylic acids is 1. The lowest BCUT2D eigenvalue weighted by molar-refractivity contribution is 0.0925. The maximum absolute atomic E-state index is 12.5. The summed E-state index contributed by atoms with van der Waals surface area (Å²) in [5, 5.41) is 15.4. The van der Waals surface area contributed by atoms with Gasteiger partial charge in [-0.3, -0.25) is 9.69 Å². The molecule has 7 heteroatoms. The van der Waals surface area contributed by atoms with Gasteiger partial charge < -0.3 is 5.32 Å². The van der Waals surface area contributed by atoms with Gasteiger partial charge in [0, 0.05) is 18.2 Å². The minimum absolute atomic E-state index is 0.00294. The Bertz CT molecular complexity index is 698. The molecule has 1 aromatic carbocycles. The Hall–Kier alpha value is -2.28. The van der Waals surface area contributed by atoms with Crippen molar-refractivity contribution in [3.05, 3.63) is 41.2 Å². The number of hydrogen-bond acceptors (Lipinski definition) is 5. The number of benzene rings is 1. The minimum atomic E-state index is 0.00294. The van der Waals surface area contributed by atoms with Crippen LogP contribution >= 0.6 is 0 Å². The van der Waals surface area contributed by atoms with E-state index in [2.05, 4.69) is 25.6 Å². The van der Waals surface area contributed by atoms with Gasteiger partial charge in [-0.05, 0) is 43.7 Å². The smallest absolute Gasteiger partial charge is 0.251 e. The summed E-state index contributed by atoms with van der Waals surface area (Å²) in [6, 6.07) is 7.85. The van der Waals surface area contributed by atoms with Gasteiger partial charge in [0.15, 0.2) is 5.82 Å². The SMILES string of the molecule is Cc1cccc(C(=O)NC2CCCCN(Cc3nnn(C)n3)C2)c1. The molecule has 0 aliphatic carbocycles. The fourth-order valence-corrected chi connectivity index (χ4v) is 3.12. The van der Waals surface area contributed by atoms with Crippen LogP contribution < -0.4 is 5.32 Å². The Morgan fingerprint density at radius 3 is 3.00 bits per heavy atom. The minimum Gasteiger partial charge on any atom is -0.348 e. The largest absolute Gasteiger partial charge is 0.348 e. The molecule has 1 aliphatic heterocycles. The number of hydrogen-bond donors (Lipinski definition) is 1. The zero-order valence-corrected chi connectivity index (χ0v) is 14.3. The molecule has 1 saturated heterocycles. The van der Waals surface area contributed by atoms with Crippen molar-refractivity contribution in [1.82, 2.24) is 30.4 Å². The number of rotatable bonds is 4. The first-order chi connectivity index (χ1) is 11.6. The molecular weight excluding hydrogens is 304 g/mol. The highest BCUT2D eigenvalue weighted by molar-refractivity contribution is 5.94. The molecule has 1 aliphatic rings. The highest BCUT2D eigenvalue weighted by Gasteiger charge is 2.21. The van der Waals surface area contributed by atoms with Crippen molar-refractivity contribution in [3.8, 4) is 0 Å². The van der Waals surface area contributed by atoms with E-state index in [0.29, 0.717) is 6.54 Å². The Morgan fingerprint density at radius 2 is 2.25 bits per heavy atom. The van der Waals surface area contributed by atoms with Crippen LogP contribution in [0.1, 0.15) is 41.0 Å².